The summed E-state index contributed by atoms with van der Waals surface area (Å²) in [6, 6.07) is 6.69. The van der Waals surface area contributed by atoms with Gasteiger partial charge >= 0.3 is 6.09 Å². The third-order valence-corrected chi connectivity index (χ3v) is 3.68. The molecular weight excluding hydrogens is 304 g/mol. The van der Waals surface area contributed by atoms with E-state index in [9.17, 15) is 4.79 Å². The molecule has 2 atom stereocenters. The molecule has 6 heteroatoms. The Hall–Kier alpha value is -1.30. The van der Waals surface area contributed by atoms with E-state index in [1.54, 1.807) is 11.0 Å². The molecule has 22 heavy (non-hydrogen) atoms. The van der Waals surface area contributed by atoms with Crippen molar-refractivity contribution in [3.8, 4) is 0 Å². The van der Waals surface area contributed by atoms with Gasteiger partial charge in [-0.1, -0.05) is 23.7 Å². The maximum absolute atomic E-state index is 12.4. The van der Waals surface area contributed by atoms with Gasteiger partial charge in [0.1, 0.15) is 5.60 Å². The number of amides is 1. The van der Waals surface area contributed by atoms with E-state index >= 15 is 0 Å². The molecule has 2 N–H and O–H groups in total. The molecule has 0 radical (unpaired) electrons. The fourth-order valence-electron chi connectivity index (χ4n) is 2.40. The van der Waals surface area contributed by atoms with E-state index in [4.69, 9.17) is 26.8 Å². The molecule has 1 heterocycles. The summed E-state index contributed by atoms with van der Waals surface area (Å²) >= 11 is 6.02. The second kappa shape index (κ2) is 6.86. The first kappa shape index (κ1) is 17.1. The number of ether oxygens (including phenoxy) is 2. The van der Waals surface area contributed by atoms with Crippen LogP contribution in [-0.4, -0.2) is 42.4 Å². The zero-order valence-electron chi connectivity index (χ0n) is 13.2. The van der Waals surface area contributed by atoms with Gasteiger partial charge in [-0.05, 0) is 38.5 Å². The molecule has 0 aliphatic carbocycles. The molecule has 1 aliphatic rings. The summed E-state index contributed by atoms with van der Waals surface area (Å²) in [5.41, 5.74) is 6.67. The zero-order valence-corrected chi connectivity index (χ0v) is 14.0. The highest BCUT2D eigenvalue weighted by Crippen LogP contribution is 2.25. The Morgan fingerprint density at radius 1 is 1.50 bits per heavy atom. The smallest absolute Gasteiger partial charge is 0.410 e. The topological polar surface area (TPSA) is 64.8 Å². The van der Waals surface area contributed by atoms with Crippen molar-refractivity contribution >= 4 is 17.7 Å². The van der Waals surface area contributed by atoms with Gasteiger partial charge in [0.15, 0.2) is 0 Å². The van der Waals surface area contributed by atoms with E-state index in [0.29, 0.717) is 24.8 Å². The third kappa shape index (κ3) is 4.35. The summed E-state index contributed by atoms with van der Waals surface area (Å²) < 4.78 is 11.0. The van der Waals surface area contributed by atoms with E-state index < -0.39 is 5.60 Å². The van der Waals surface area contributed by atoms with Crippen molar-refractivity contribution in [2.24, 2.45) is 5.73 Å². The number of benzene rings is 1. The van der Waals surface area contributed by atoms with Crippen molar-refractivity contribution in [2.75, 3.05) is 19.8 Å². The number of rotatable bonds is 2. The predicted octanol–water partition coefficient (Wildman–Crippen LogP) is 2.98. The van der Waals surface area contributed by atoms with Gasteiger partial charge in [-0.3, -0.25) is 4.90 Å². The molecule has 1 aliphatic heterocycles. The van der Waals surface area contributed by atoms with E-state index in [1.807, 2.05) is 39.0 Å². The highest BCUT2D eigenvalue weighted by atomic mass is 35.5. The van der Waals surface area contributed by atoms with E-state index in [1.165, 1.54) is 0 Å². The van der Waals surface area contributed by atoms with Crippen molar-refractivity contribution in [1.29, 1.82) is 0 Å². The second-order valence-electron chi connectivity index (χ2n) is 6.40. The minimum Gasteiger partial charge on any atom is -0.444 e. The zero-order chi connectivity index (χ0) is 16.3. The Kier molecular flexibility index (Phi) is 5.32. The first-order chi connectivity index (χ1) is 10.3. The van der Waals surface area contributed by atoms with Gasteiger partial charge in [-0.25, -0.2) is 4.79 Å². The summed E-state index contributed by atoms with van der Waals surface area (Å²) in [7, 11) is 0. The molecule has 0 spiro atoms. The number of hydrogen-bond acceptors (Lipinski definition) is 4. The van der Waals surface area contributed by atoms with E-state index in [0.717, 1.165) is 5.56 Å². The maximum atomic E-state index is 12.4. The van der Waals surface area contributed by atoms with Gasteiger partial charge in [0, 0.05) is 11.6 Å². The second-order valence-corrected chi connectivity index (χ2v) is 6.83. The predicted molar refractivity (Wildman–Crippen MR) is 85.9 cm³/mol. The summed E-state index contributed by atoms with van der Waals surface area (Å²) in [5.74, 6) is 0. The van der Waals surface area contributed by atoms with Crippen LogP contribution in [0, 0.1) is 0 Å². The molecule has 2 rings (SSSR count). The minimum absolute atomic E-state index is 0.276. The molecule has 1 aromatic carbocycles. The van der Waals surface area contributed by atoms with Crippen molar-refractivity contribution < 1.29 is 14.3 Å². The van der Waals surface area contributed by atoms with Crippen molar-refractivity contribution in [3.63, 3.8) is 0 Å². The minimum atomic E-state index is -0.542. The number of carbonyl (C=O) groups excluding carboxylic acids is 1. The van der Waals surface area contributed by atoms with Gasteiger partial charge in [0.2, 0.25) is 0 Å². The lowest BCUT2D eigenvalue weighted by atomic mass is 9.99. The van der Waals surface area contributed by atoms with Crippen LogP contribution in [-0.2, 0) is 9.47 Å². The molecule has 5 nitrogen and oxygen atoms in total. The standard InChI is InChI=1S/C16H23ClN2O3/c1-16(2,3)22-15(20)19-7-8-21-10-13(19)14(18)11-5-4-6-12(17)9-11/h4-6,9,13-14H,7-8,10,18H2,1-3H3. The number of halogens is 1. The van der Waals surface area contributed by atoms with Crippen LogP contribution in [0.1, 0.15) is 32.4 Å². The summed E-state index contributed by atoms with van der Waals surface area (Å²) in [5, 5.41) is 0.619. The van der Waals surface area contributed by atoms with Gasteiger partial charge in [0.25, 0.3) is 0 Å². The normalized spacial score (nSPS) is 20.6. The van der Waals surface area contributed by atoms with Crippen LogP contribution in [0.3, 0.4) is 0 Å². The van der Waals surface area contributed by atoms with Crippen LogP contribution in [0.5, 0.6) is 0 Å². The molecule has 122 valence electrons. The lowest BCUT2D eigenvalue weighted by Gasteiger charge is -2.39. The molecule has 1 amide bonds. The average molecular weight is 327 g/mol. The fourth-order valence-corrected chi connectivity index (χ4v) is 2.60. The fraction of sp³-hybridized carbons (Fsp3) is 0.562. The number of morpholine rings is 1. The van der Waals surface area contributed by atoms with Crippen LogP contribution in [0.2, 0.25) is 5.02 Å². The lowest BCUT2D eigenvalue weighted by molar-refractivity contribution is -0.0382. The number of carbonyl (C=O) groups is 1. The largest absolute Gasteiger partial charge is 0.444 e. The number of hydrogen-bond donors (Lipinski definition) is 1. The van der Waals surface area contributed by atoms with Crippen LogP contribution in [0.25, 0.3) is 0 Å². The van der Waals surface area contributed by atoms with Gasteiger partial charge in [-0.15, -0.1) is 0 Å². The van der Waals surface area contributed by atoms with Crippen LogP contribution < -0.4 is 5.73 Å². The van der Waals surface area contributed by atoms with Gasteiger partial charge in [0.05, 0.1) is 25.3 Å². The van der Waals surface area contributed by atoms with E-state index in [2.05, 4.69) is 0 Å². The monoisotopic (exact) mass is 326 g/mol. The molecule has 0 bridgehead atoms. The third-order valence-electron chi connectivity index (χ3n) is 3.44. The Balaban J connectivity index is 2.17. The first-order valence-corrected chi connectivity index (χ1v) is 7.74. The molecule has 2 unspecified atom stereocenters. The first-order valence-electron chi connectivity index (χ1n) is 7.36. The summed E-state index contributed by atoms with van der Waals surface area (Å²) in [6.45, 7) is 6.87. The van der Waals surface area contributed by atoms with Crippen LogP contribution >= 0.6 is 11.6 Å². The molecule has 1 aromatic rings. The highest BCUT2D eigenvalue weighted by Gasteiger charge is 2.35. The van der Waals surface area contributed by atoms with E-state index in [-0.39, 0.29) is 18.2 Å². The SMILES string of the molecule is CC(C)(C)OC(=O)N1CCOCC1C(N)c1cccc(Cl)c1. The summed E-state index contributed by atoms with van der Waals surface area (Å²) in [4.78, 5) is 14.0. The highest BCUT2D eigenvalue weighted by molar-refractivity contribution is 6.30. The summed E-state index contributed by atoms with van der Waals surface area (Å²) in [6.07, 6.45) is -0.363. The average Bonchev–Trinajstić information content (AvgIpc) is 2.44. The van der Waals surface area contributed by atoms with Crippen molar-refractivity contribution in [2.45, 2.75) is 38.5 Å². The molecule has 1 fully saturated rings. The Morgan fingerprint density at radius 2 is 2.23 bits per heavy atom. The Morgan fingerprint density at radius 3 is 2.86 bits per heavy atom. The molecular formula is C16H23ClN2O3. The Labute approximate surface area is 136 Å². The van der Waals surface area contributed by atoms with Gasteiger partial charge < -0.3 is 15.2 Å². The molecule has 0 saturated carbocycles. The van der Waals surface area contributed by atoms with Crippen molar-refractivity contribution in [3.05, 3.63) is 34.9 Å². The Bertz CT molecular complexity index is 530. The number of nitrogens with zero attached hydrogens (tertiary/aromatic N) is 1. The number of nitrogens with two attached hydrogens (primary N) is 1. The van der Waals surface area contributed by atoms with Gasteiger partial charge in [-0.2, -0.15) is 0 Å². The van der Waals surface area contributed by atoms with Crippen molar-refractivity contribution in [1.82, 2.24) is 4.90 Å². The van der Waals surface area contributed by atoms with Crippen LogP contribution in [0.15, 0.2) is 24.3 Å². The molecule has 0 aromatic heterocycles. The quantitative estimate of drug-likeness (QED) is 0.907. The van der Waals surface area contributed by atoms with Crippen LogP contribution in [0.4, 0.5) is 4.79 Å². The lowest BCUT2D eigenvalue weighted by Crippen LogP contribution is -2.54. The maximum Gasteiger partial charge on any atom is 0.410 e. The molecule has 1 saturated heterocycles.